The van der Waals surface area contributed by atoms with Gasteiger partial charge in [-0.05, 0) is 37.3 Å². The summed E-state index contributed by atoms with van der Waals surface area (Å²) in [6.45, 7) is 3.11. The zero-order valence-corrected chi connectivity index (χ0v) is 13.1. The van der Waals surface area contributed by atoms with Crippen LogP contribution in [0.5, 0.6) is 5.75 Å². The van der Waals surface area contributed by atoms with Crippen LogP contribution in [0.2, 0.25) is 0 Å². The van der Waals surface area contributed by atoms with E-state index in [2.05, 4.69) is 17.3 Å². The van der Waals surface area contributed by atoms with Crippen LogP contribution in [0, 0.1) is 5.92 Å². The molecule has 120 valence electrons. The molecule has 2 N–H and O–H groups in total. The molecule has 2 heterocycles. The molecule has 1 saturated carbocycles. The molecule has 4 rings (SSSR count). The third-order valence-corrected chi connectivity index (χ3v) is 4.82. The number of fused-ring (bicyclic) bond motifs is 1. The van der Waals surface area contributed by atoms with Crippen molar-refractivity contribution in [3.8, 4) is 5.75 Å². The summed E-state index contributed by atoms with van der Waals surface area (Å²) in [6.07, 6.45) is 6.11. The molecule has 2 amide bonds. The molecule has 1 aliphatic carbocycles. The lowest BCUT2D eigenvalue weighted by Gasteiger charge is -2.15. The Balaban J connectivity index is 1.42. The van der Waals surface area contributed by atoms with Crippen molar-refractivity contribution in [2.75, 3.05) is 5.32 Å². The molecule has 2 aromatic rings. The lowest BCUT2D eigenvalue weighted by atomic mass is 10.1. The molecule has 0 radical (unpaired) electrons. The molecule has 2 aliphatic rings. The molecule has 1 aromatic heterocycles. The number of rotatable bonds is 3. The van der Waals surface area contributed by atoms with Crippen molar-refractivity contribution in [1.82, 2.24) is 14.7 Å². The van der Waals surface area contributed by atoms with Crippen molar-refractivity contribution in [2.24, 2.45) is 5.92 Å². The van der Waals surface area contributed by atoms with Crippen LogP contribution in [0.3, 0.4) is 0 Å². The van der Waals surface area contributed by atoms with E-state index in [0.29, 0.717) is 24.8 Å². The maximum absolute atomic E-state index is 12.4. The van der Waals surface area contributed by atoms with E-state index >= 15 is 0 Å². The summed E-state index contributed by atoms with van der Waals surface area (Å²) in [4.78, 5) is 14.1. The Morgan fingerprint density at radius 2 is 2.22 bits per heavy atom. The van der Waals surface area contributed by atoms with Crippen molar-refractivity contribution in [1.29, 1.82) is 0 Å². The van der Waals surface area contributed by atoms with Gasteiger partial charge in [-0.25, -0.2) is 4.79 Å². The van der Waals surface area contributed by atoms with Gasteiger partial charge in [0.1, 0.15) is 5.75 Å². The van der Waals surface area contributed by atoms with Crippen LogP contribution >= 0.6 is 0 Å². The van der Waals surface area contributed by atoms with Crippen molar-refractivity contribution in [2.45, 2.75) is 38.9 Å². The Morgan fingerprint density at radius 1 is 1.39 bits per heavy atom. The average Bonchev–Trinajstić information content (AvgIpc) is 3.11. The van der Waals surface area contributed by atoms with Gasteiger partial charge in [-0.15, -0.1) is 0 Å². The number of hydrogen-bond donors (Lipinski definition) is 2. The van der Waals surface area contributed by atoms with Crippen molar-refractivity contribution in [3.05, 3.63) is 41.7 Å². The second-order valence-electron chi connectivity index (χ2n) is 6.49. The Labute approximate surface area is 134 Å². The van der Waals surface area contributed by atoms with Crippen molar-refractivity contribution >= 4 is 11.7 Å². The van der Waals surface area contributed by atoms with Gasteiger partial charge in [-0.1, -0.05) is 12.1 Å². The van der Waals surface area contributed by atoms with Gasteiger partial charge in [-0.3, -0.25) is 4.68 Å². The second kappa shape index (κ2) is 5.30. The number of carbonyl (C=O) groups excluding carboxylic acids is 1. The largest absolute Gasteiger partial charge is 0.508 e. The fourth-order valence-electron chi connectivity index (χ4n) is 3.17. The molecule has 6 heteroatoms. The monoisotopic (exact) mass is 312 g/mol. The molecule has 0 spiro atoms. The minimum atomic E-state index is -0.167. The van der Waals surface area contributed by atoms with Crippen LogP contribution in [0.1, 0.15) is 36.9 Å². The van der Waals surface area contributed by atoms with Crippen molar-refractivity contribution in [3.63, 3.8) is 0 Å². The van der Waals surface area contributed by atoms with Gasteiger partial charge in [0.15, 0.2) is 0 Å². The van der Waals surface area contributed by atoms with Gasteiger partial charge in [0.05, 0.1) is 24.5 Å². The number of phenolic OH excluding ortho intramolecular Hbond substituents is 1. The summed E-state index contributed by atoms with van der Waals surface area (Å²) in [7, 11) is 0. The minimum Gasteiger partial charge on any atom is -0.508 e. The van der Waals surface area contributed by atoms with Crippen LogP contribution in [0.15, 0.2) is 30.6 Å². The number of nitrogens with zero attached hydrogens (tertiary/aromatic N) is 3. The highest BCUT2D eigenvalue weighted by Crippen LogP contribution is 2.39. The number of benzene rings is 1. The zero-order chi connectivity index (χ0) is 16.0. The smallest absolute Gasteiger partial charge is 0.322 e. The van der Waals surface area contributed by atoms with E-state index in [4.69, 9.17) is 0 Å². The molecule has 1 aromatic carbocycles. The predicted molar refractivity (Wildman–Crippen MR) is 86.0 cm³/mol. The summed E-state index contributed by atoms with van der Waals surface area (Å²) >= 11 is 0. The lowest BCUT2D eigenvalue weighted by Crippen LogP contribution is -2.30. The fourth-order valence-corrected chi connectivity index (χ4v) is 3.17. The van der Waals surface area contributed by atoms with E-state index in [1.54, 1.807) is 23.2 Å². The van der Waals surface area contributed by atoms with E-state index in [-0.39, 0.29) is 11.8 Å². The number of aromatic hydroxyl groups is 1. The Hall–Kier alpha value is -2.50. The topological polar surface area (TPSA) is 70.4 Å². The maximum Gasteiger partial charge on any atom is 0.322 e. The molecule has 23 heavy (non-hydrogen) atoms. The zero-order valence-electron chi connectivity index (χ0n) is 13.1. The quantitative estimate of drug-likeness (QED) is 0.915. The molecule has 0 bridgehead atoms. The lowest BCUT2D eigenvalue weighted by molar-refractivity contribution is 0.212. The second-order valence-corrected chi connectivity index (χ2v) is 6.49. The third-order valence-electron chi connectivity index (χ3n) is 4.82. The predicted octanol–water partition coefficient (Wildman–Crippen LogP) is 3.11. The van der Waals surface area contributed by atoms with Crippen LogP contribution in [0.25, 0.3) is 0 Å². The SMILES string of the molecule is CC(C1CC1)n1cc(NC(=O)N2Cc3cccc(O)c3C2)cn1. The van der Waals surface area contributed by atoms with E-state index in [1.165, 1.54) is 12.8 Å². The summed E-state index contributed by atoms with van der Waals surface area (Å²) < 4.78 is 1.93. The summed E-state index contributed by atoms with van der Waals surface area (Å²) in [5.41, 5.74) is 2.54. The molecule has 1 atom stereocenters. The van der Waals surface area contributed by atoms with Crippen molar-refractivity contribution < 1.29 is 9.90 Å². The van der Waals surface area contributed by atoms with Gasteiger partial charge < -0.3 is 15.3 Å². The van der Waals surface area contributed by atoms with Crippen LogP contribution in [0.4, 0.5) is 10.5 Å². The number of aromatic nitrogens is 2. The summed E-state index contributed by atoms with van der Waals surface area (Å²) in [5.74, 6) is 0.971. The number of urea groups is 1. The molecule has 1 unspecified atom stereocenters. The van der Waals surface area contributed by atoms with Gasteiger partial charge in [-0.2, -0.15) is 5.10 Å². The molecule has 1 fully saturated rings. The Morgan fingerprint density at radius 3 is 2.96 bits per heavy atom. The number of amides is 2. The van der Waals surface area contributed by atoms with Gasteiger partial charge >= 0.3 is 6.03 Å². The first kappa shape index (κ1) is 14.1. The number of hydrogen-bond acceptors (Lipinski definition) is 3. The molecule has 0 saturated heterocycles. The molecule has 1 aliphatic heterocycles. The number of carbonyl (C=O) groups is 1. The summed E-state index contributed by atoms with van der Waals surface area (Å²) in [6, 6.07) is 5.62. The number of anilines is 1. The summed E-state index contributed by atoms with van der Waals surface area (Å²) in [5, 5.41) is 17.1. The molecular weight excluding hydrogens is 292 g/mol. The van der Waals surface area contributed by atoms with E-state index in [9.17, 15) is 9.90 Å². The highest BCUT2D eigenvalue weighted by atomic mass is 16.3. The van der Waals surface area contributed by atoms with E-state index < -0.39 is 0 Å². The fraction of sp³-hybridized carbons (Fsp3) is 0.412. The standard InChI is InChI=1S/C17H20N4O2/c1-11(12-5-6-12)21-9-14(7-18-21)19-17(23)20-8-13-3-2-4-16(22)15(13)10-20/h2-4,7,9,11-12,22H,5-6,8,10H2,1H3,(H,19,23). The highest BCUT2D eigenvalue weighted by Gasteiger charge is 2.30. The van der Waals surface area contributed by atoms with Crippen LogP contribution < -0.4 is 5.32 Å². The first-order chi connectivity index (χ1) is 11.1. The Kier molecular flexibility index (Phi) is 3.25. The van der Waals surface area contributed by atoms with Gasteiger partial charge in [0, 0.05) is 18.3 Å². The highest BCUT2D eigenvalue weighted by molar-refractivity contribution is 5.89. The van der Waals surface area contributed by atoms with E-state index in [1.807, 2.05) is 16.9 Å². The third kappa shape index (κ3) is 2.65. The molecular formula is C17H20N4O2. The van der Waals surface area contributed by atoms with Gasteiger partial charge in [0.25, 0.3) is 0 Å². The number of phenols is 1. The molecule has 6 nitrogen and oxygen atoms in total. The number of nitrogens with one attached hydrogen (secondary N) is 1. The van der Waals surface area contributed by atoms with E-state index in [0.717, 1.165) is 17.0 Å². The first-order valence-corrected chi connectivity index (χ1v) is 8.01. The van der Waals surface area contributed by atoms with Gasteiger partial charge in [0.2, 0.25) is 0 Å². The Bertz CT molecular complexity index is 751. The van der Waals surface area contributed by atoms with Crippen LogP contribution in [-0.2, 0) is 13.1 Å². The maximum atomic E-state index is 12.4. The minimum absolute atomic E-state index is 0.167. The first-order valence-electron chi connectivity index (χ1n) is 8.01. The average molecular weight is 312 g/mol. The van der Waals surface area contributed by atoms with Crippen LogP contribution in [-0.4, -0.2) is 25.8 Å². The normalized spacial score (nSPS) is 17.9.